The average molecular weight is 367 g/mol. The number of benzene rings is 2. The minimum atomic E-state index is -5.18. The molecule has 0 amide bonds. The molecule has 0 spiro atoms. The van der Waals surface area contributed by atoms with Gasteiger partial charge in [-0.15, -0.1) is 0 Å². The van der Waals surface area contributed by atoms with Crippen LogP contribution in [0.4, 0.5) is 13.2 Å². The topological polar surface area (TPSA) is 88.6 Å². The molecular weight excluding hydrogens is 351 g/mol. The Balaban J connectivity index is 1.95. The first kappa shape index (κ1) is 19.1. The van der Waals surface area contributed by atoms with Crippen molar-refractivity contribution in [1.29, 1.82) is 5.41 Å². The van der Waals surface area contributed by atoms with Gasteiger partial charge in [0.05, 0.1) is 6.54 Å². The first-order valence-electron chi connectivity index (χ1n) is 7.42. The number of rotatable bonds is 5. The van der Waals surface area contributed by atoms with Gasteiger partial charge in [0, 0.05) is 0 Å². The van der Waals surface area contributed by atoms with Gasteiger partial charge in [-0.05, 0) is 23.3 Å². The molecule has 0 saturated carbocycles. The molecule has 2 aromatic rings. The van der Waals surface area contributed by atoms with Crippen LogP contribution in [0.25, 0.3) is 0 Å². The van der Waals surface area contributed by atoms with Gasteiger partial charge in [0.2, 0.25) is 5.96 Å². The van der Waals surface area contributed by atoms with Crippen LogP contribution in [0.3, 0.4) is 0 Å². The number of hydroxylamine groups is 2. The minimum Gasteiger partial charge on any atom is -0.489 e. The third kappa shape index (κ3) is 5.69. The second-order valence-electron chi connectivity index (χ2n) is 5.22. The molecule has 0 fully saturated rings. The van der Waals surface area contributed by atoms with Crippen LogP contribution >= 0.6 is 0 Å². The van der Waals surface area contributed by atoms with Crippen molar-refractivity contribution in [3.63, 3.8) is 0 Å². The largest absolute Gasteiger partial charge is 0.493 e. The van der Waals surface area contributed by atoms with Crippen molar-refractivity contribution in [2.75, 3.05) is 0 Å². The highest BCUT2D eigenvalue weighted by Crippen LogP contribution is 2.19. The number of guanidine groups is 1. The van der Waals surface area contributed by atoms with Crippen molar-refractivity contribution in [3.05, 3.63) is 65.7 Å². The van der Waals surface area contributed by atoms with Gasteiger partial charge in [0.15, 0.2) is 0 Å². The number of ether oxygens (including phenoxy) is 1. The summed E-state index contributed by atoms with van der Waals surface area (Å²) in [6, 6.07) is 15.9. The van der Waals surface area contributed by atoms with Crippen molar-refractivity contribution < 1.29 is 27.5 Å². The molecule has 2 aromatic carbocycles. The molecule has 0 aliphatic heterocycles. The maximum Gasteiger partial charge on any atom is 0.493 e. The second kappa shape index (κ2) is 8.24. The maximum atomic E-state index is 12.3. The Morgan fingerprint density at radius 3 is 2.19 bits per heavy atom. The smallest absolute Gasteiger partial charge is 0.489 e. The molecule has 6 nitrogen and oxygen atoms in total. The Labute approximate surface area is 147 Å². The molecule has 0 aliphatic carbocycles. The van der Waals surface area contributed by atoms with Crippen molar-refractivity contribution in [1.82, 2.24) is 5.06 Å². The van der Waals surface area contributed by atoms with E-state index in [2.05, 4.69) is 4.84 Å². The third-order valence-electron chi connectivity index (χ3n) is 3.19. The van der Waals surface area contributed by atoms with Gasteiger partial charge in [-0.25, -0.2) is 4.79 Å². The van der Waals surface area contributed by atoms with Gasteiger partial charge in [-0.3, -0.25) is 5.41 Å². The molecule has 26 heavy (non-hydrogen) atoms. The van der Waals surface area contributed by atoms with E-state index < -0.39 is 18.1 Å². The fourth-order valence-corrected chi connectivity index (χ4v) is 1.92. The van der Waals surface area contributed by atoms with E-state index in [1.54, 1.807) is 24.3 Å². The van der Waals surface area contributed by atoms with E-state index in [1.807, 2.05) is 30.3 Å². The number of carbonyl (C=O) groups is 1. The van der Waals surface area contributed by atoms with E-state index in [0.717, 1.165) is 5.56 Å². The number of halogens is 3. The summed E-state index contributed by atoms with van der Waals surface area (Å²) in [7, 11) is 0. The zero-order valence-electron chi connectivity index (χ0n) is 13.5. The number of hydrogen-bond acceptors (Lipinski definition) is 4. The molecule has 0 heterocycles. The van der Waals surface area contributed by atoms with Crippen LogP contribution in [0.15, 0.2) is 54.6 Å². The van der Waals surface area contributed by atoms with Crippen molar-refractivity contribution in [2.24, 2.45) is 5.73 Å². The average Bonchev–Trinajstić information content (AvgIpc) is 2.60. The van der Waals surface area contributed by atoms with E-state index in [-0.39, 0.29) is 6.54 Å². The van der Waals surface area contributed by atoms with E-state index in [9.17, 15) is 18.0 Å². The molecule has 138 valence electrons. The van der Waals surface area contributed by atoms with Crippen LogP contribution in [0.5, 0.6) is 5.75 Å². The molecule has 3 N–H and O–H groups in total. The number of carbonyl (C=O) groups excluding carboxylic acids is 1. The van der Waals surface area contributed by atoms with E-state index >= 15 is 0 Å². The Morgan fingerprint density at radius 1 is 1.04 bits per heavy atom. The molecule has 0 saturated heterocycles. The van der Waals surface area contributed by atoms with Crippen molar-refractivity contribution >= 4 is 11.9 Å². The van der Waals surface area contributed by atoms with Crippen LogP contribution in [0, 0.1) is 5.41 Å². The van der Waals surface area contributed by atoms with Gasteiger partial charge in [-0.1, -0.05) is 42.5 Å². The lowest BCUT2D eigenvalue weighted by Gasteiger charge is -2.21. The SMILES string of the molecule is N=C(N)N(Cc1ccc(OCc2ccccc2)cc1)OC(=O)C(F)(F)F. The molecule has 0 bridgehead atoms. The van der Waals surface area contributed by atoms with E-state index in [1.165, 1.54) is 0 Å². The Hall–Kier alpha value is -3.23. The van der Waals surface area contributed by atoms with Crippen LogP contribution < -0.4 is 10.5 Å². The normalized spacial score (nSPS) is 10.9. The van der Waals surface area contributed by atoms with Crippen molar-refractivity contribution in [3.8, 4) is 5.75 Å². The lowest BCUT2D eigenvalue weighted by atomic mass is 10.2. The Morgan fingerprint density at radius 2 is 1.65 bits per heavy atom. The number of alkyl halides is 3. The number of hydrogen-bond donors (Lipinski definition) is 2. The van der Waals surface area contributed by atoms with Crippen LogP contribution in [0.2, 0.25) is 0 Å². The maximum absolute atomic E-state index is 12.3. The van der Waals surface area contributed by atoms with E-state index in [0.29, 0.717) is 23.0 Å². The Bertz CT molecular complexity index is 749. The van der Waals surface area contributed by atoms with Crippen LogP contribution in [-0.2, 0) is 22.8 Å². The molecule has 0 aliphatic rings. The molecular formula is C17H16F3N3O3. The molecule has 2 rings (SSSR count). The molecule has 0 aromatic heterocycles. The van der Waals surface area contributed by atoms with Crippen molar-refractivity contribution in [2.45, 2.75) is 19.3 Å². The fourth-order valence-electron chi connectivity index (χ4n) is 1.92. The summed E-state index contributed by atoms with van der Waals surface area (Å²) in [4.78, 5) is 15.0. The molecule has 0 atom stereocenters. The number of nitrogens with zero attached hydrogens (tertiary/aromatic N) is 1. The van der Waals surface area contributed by atoms with Gasteiger partial charge < -0.3 is 15.3 Å². The fraction of sp³-hybridized carbons (Fsp3) is 0.176. The number of nitrogens with two attached hydrogens (primary N) is 1. The summed E-state index contributed by atoms with van der Waals surface area (Å²) in [5.41, 5.74) is 6.62. The van der Waals surface area contributed by atoms with Gasteiger partial charge in [0.1, 0.15) is 12.4 Å². The third-order valence-corrected chi connectivity index (χ3v) is 3.19. The first-order valence-corrected chi connectivity index (χ1v) is 7.42. The summed E-state index contributed by atoms with van der Waals surface area (Å²) >= 11 is 0. The Kier molecular flexibility index (Phi) is 6.05. The predicted molar refractivity (Wildman–Crippen MR) is 86.8 cm³/mol. The predicted octanol–water partition coefficient (Wildman–Crippen LogP) is 2.98. The minimum absolute atomic E-state index is 0.309. The quantitative estimate of drug-likeness (QED) is 0.482. The summed E-state index contributed by atoms with van der Waals surface area (Å²) in [5.74, 6) is -2.72. The molecule has 0 radical (unpaired) electrons. The van der Waals surface area contributed by atoms with Crippen LogP contribution in [0.1, 0.15) is 11.1 Å². The lowest BCUT2D eigenvalue weighted by Crippen LogP contribution is -2.41. The highest BCUT2D eigenvalue weighted by molar-refractivity contribution is 5.79. The molecule has 9 heteroatoms. The number of nitrogens with one attached hydrogen (secondary N) is 1. The first-order chi connectivity index (χ1) is 12.3. The molecule has 0 unspecified atom stereocenters. The summed E-state index contributed by atoms with van der Waals surface area (Å²) < 4.78 is 42.4. The summed E-state index contributed by atoms with van der Waals surface area (Å²) in [6.07, 6.45) is -5.18. The highest BCUT2D eigenvalue weighted by Gasteiger charge is 2.43. The monoisotopic (exact) mass is 367 g/mol. The van der Waals surface area contributed by atoms with Gasteiger partial charge in [-0.2, -0.15) is 18.2 Å². The van der Waals surface area contributed by atoms with Gasteiger partial charge in [0.25, 0.3) is 0 Å². The van der Waals surface area contributed by atoms with E-state index in [4.69, 9.17) is 15.9 Å². The second-order valence-corrected chi connectivity index (χ2v) is 5.22. The summed E-state index contributed by atoms with van der Waals surface area (Å²) in [6.45, 7) is 0.0546. The zero-order valence-corrected chi connectivity index (χ0v) is 13.5. The summed E-state index contributed by atoms with van der Waals surface area (Å²) in [5, 5.41) is 7.59. The van der Waals surface area contributed by atoms with Crippen LogP contribution in [-0.4, -0.2) is 23.2 Å². The highest BCUT2D eigenvalue weighted by atomic mass is 19.4. The van der Waals surface area contributed by atoms with Gasteiger partial charge >= 0.3 is 12.1 Å². The standard InChI is InChI=1S/C17H16F3N3O3/c18-17(19,20)15(24)26-23(16(21)22)10-12-6-8-14(9-7-12)25-11-13-4-2-1-3-5-13/h1-9H,10-11H2,(H3,21,22). The lowest BCUT2D eigenvalue weighted by molar-refractivity contribution is -0.227. The zero-order chi connectivity index (χ0) is 19.2.